The van der Waals surface area contributed by atoms with Crippen LogP contribution in [0.3, 0.4) is 0 Å². The van der Waals surface area contributed by atoms with Crippen LogP contribution in [0.2, 0.25) is 5.02 Å². The molecule has 1 fully saturated rings. The zero-order valence-corrected chi connectivity index (χ0v) is 15.0. The van der Waals surface area contributed by atoms with Gasteiger partial charge in [-0.3, -0.25) is 4.79 Å². The molecule has 1 amide bonds. The molecule has 1 atom stereocenters. The van der Waals surface area contributed by atoms with Crippen molar-refractivity contribution >= 4 is 28.9 Å². The molecule has 0 radical (unpaired) electrons. The van der Waals surface area contributed by atoms with Gasteiger partial charge in [-0.1, -0.05) is 35.9 Å². The van der Waals surface area contributed by atoms with Crippen molar-refractivity contribution in [1.29, 1.82) is 0 Å². The van der Waals surface area contributed by atoms with Gasteiger partial charge in [0.1, 0.15) is 5.75 Å². The lowest BCUT2D eigenvalue weighted by Gasteiger charge is -2.36. The third-order valence-corrected chi connectivity index (χ3v) is 5.10. The number of quaternary nitrogens is 1. The van der Waals surface area contributed by atoms with E-state index in [0.717, 1.165) is 31.9 Å². The highest BCUT2D eigenvalue weighted by Crippen LogP contribution is 2.26. The molecule has 1 aliphatic rings. The lowest BCUT2D eigenvalue weighted by atomic mass is 10.2. The highest BCUT2D eigenvalue weighted by atomic mass is 35.5. The van der Waals surface area contributed by atoms with Crippen LogP contribution in [-0.2, 0) is 4.79 Å². The molecule has 0 aliphatic carbocycles. The van der Waals surface area contributed by atoms with E-state index in [0.29, 0.717) is 16.5 Å². The molecule has 2 aromatic rings. The topological polar surface area (TPSA) is 57.0 Å². The third-order valence-electron chi connectivity index (χ3n) is 4.77. The van der Waals surface area contributed by atoms with Crippen LogP contribution in [0, 0.1) is 0 Å². The first kappa shape index (κ1) is 17.6. The number of phenolic OH excluding ortho intramolecular Hbond substituents is 1. The maximum Gasteiger partial charge on any atom is 0.282 e. The summed E-state index contributed by atoms with van der Waals surface area (Å²) in [7, 11) is 0. The number of piperazine rings is 1. The van der Waals surface area contributed by atoms with E-state index in [2.05, 4.69) is 10.2 Å². The van der Waals surface area contributed by atoms with Crippen LogP contribution in [0.1, 0.15) is 6.92 Å². The number of halogens is 1. The normalized spacial score (nSPS) is 16.5. The van der Waals surface area contributed by atoms with Crippen LogP contribution < -0.4 is 15.1 Å². The first-order valence-electron chi connectivity index (χ1n) is 8.49. The molecule has 6 heteroatoms. The number of benzene rings is 2. The monoisotopic (exact) mass is 360 g/mol. The number of para-hydroxylation sites is 3. The average molecular weight is 361 g/mol. The summed E-state index contributed by atoms with van der Waals surface area (Å²) in [6.45, 7) is 5.22. The van der Waals surface area contributed by atoms with Gasteiger partial charge in [-0.15, -0.1) is 0 Å². The van der Waals surface area contributed by atoms with Crippen LogP contribution in [-0.4, -0.2) is 43.2 Å². The van der Waals surface area contributed by atoms with Gasteiger partial charge in [0.2, 0.25) is 0 Å². The van der Waals surface area contributed by atoms with Crippen molar-refractivity contribution in [2.24, 2.45) is 0 Å². The minimum absolute atomic E-state index is 0.0286. The molecule has 132 valence electrons. The second-order valence-corrected chi connectivity index (χ2v) is 6.73. The van der Waals surface area contributed by atoms with E-state index >= 15 is 0 Å². The molecule has 0 saturated carbocycles. The van der Waals surface area contributed by atoms with Crippen molar-refractivity contribution in [2.45, 2.75) is 13.0 Å². The van der Waals surface area contributed by atoms with Crippen LogP contribution >= 0.6 is 11.6 Å². The second kappa shape index (κ2) is 7.76. The number of hydrogen-bond donors (Lipinski definition) is 3. The molecule has 0 bridgehead atoms. The SMILES string of the molecule is C[C@H](C(=O)Nc1ccccc1Cl)[NH+]1CCN(c2ccccc2O)CC1. The van der Waals surface area contributed by atoms with Crippen molar-refractivity contribution in [1.82, 2.24) is 0 Å². The largest absolute Gasteiger partial charge is 0.506 e. The summed E-state index contributed by atoms with van der Waals surface area (Å²) in [5.74, 6) is 0.273. The molecule has 2 aromatic carbocycles. The Morgan fingerprint density at radius 1 is 1.16 bits per heavy atom. The highest BCUT2D eigenvalue weighted by Gasteiger charge is 2.30. The van der Waals surface area contributed by atoms with E-state index in [4.69, 9.17) is 11.6 Å². The summed E-state index contributed by atoms with van der Waals surface area (Å²) >= 11 is 6.11. The average Bonchev–Trinajstić information content (AvgIpc) is 2.63. The van der Waals surface area contributed by atoms with Crippen molar-refractivity contribution in [3.05, 3.63) is 53.6 Å². The van der Waals surface area contributed by atoms with E-state index in [1.807, 2.05) is 37.3 Å². The molecule has 0 spiro atoms. The van der Waals surface area contributed by atoms with Crippen molar-refractivity contribution < 1.29 is 14.8 Å². The Bertz CT molecular complexity index is 745. The predicted octanol–water partition coefficient (Wildman–Crippen LogP) is 1.78. The Morgan fingerprint density at radius 3 is 2.48 bits per heavy atom. The van der Waals surface area contributed by atoms with E-state index in [1.54, 1.807) is 18.2 Å². The van der Waals surface area contributed by atoms with Gasteiger partial charge in [0, 0.05) is 0 Å². The summed E-state index contributed by atoms with van der Waals surface area (Å²) in [4.78, 5) is 15.9. The molecule has 3 rings (SSSR count). The smallest absolute Gasteiger partial charge is 0.282 e. The summed E-state index contributed by atoms with van der Waals surface area (Å²) in [6.07, 6.45) is 0. The number of aromatic hydroxyl groups is 1. The Morgan fingerprint density at radius 2 is 1.80 bits per heavy atom. The van der Waals surface area contributed by atoms with Crippen LogP contribution in [0.4, 0.5) is 11.4 Å². The molecular formula is C19H23ClN3O2+. The Hall–Kier alpha value is -2.24. The molecule has 0 unspecified atom stereocenters. The van der Waals surface area contributed by atoms with E-state index in [1.165, 1.54) is 4.90 Å². The first-order valence-corrected chi connectivity index (χ1v) is 8.87. The lowest BCUT2D eigenvalue weighted by molar-refractivity contribution is -0.914. The number of anilines is 2. The fraction of sp³-hybridized carbons (Fsp3) is 0.316. The van der Waals surface area contributed by atoms with Gasteiger partial charge in [-0.2, -0.15) is 0 Å². The van der Waals surface area contributed by atoms with E-state index < -0.39 is 0 Å². The Labute approximate surface area is 152 Å². The number of nitrogens with zero attached hydrogens (tertiary/aromatic N) is 1. The molecular weight excluding hydrogens is 338 g/mol. The predicted molar refractivity (Wildman–Crippen MR) is 101 cm³/mol. The summed E-state index contributed by atoms with van der Waals surface area (Å²) in [5, 5.41) is 13.4. The molecule has 3 N–H and O–H groups in total. The van der Waals surface area contributed by atoms with Crippen molar-refractivity contribution in [3.8, 4) is 5.75 Å². The zero-order chi connectivity index (χ0) is 17.8. The lowest BCUT2D eigenvalue weighted by Crippen LogP contribution is -3.19. The van der Waals surface area contributed by atoms with Crippen LogP contribution in [0.25, 0.3) is 0 Å². The number of carbonyl (C=O) groups is 1. The van der Waals surface area contributed by atoms with Crippen LogP contribution in [0.15, 0.2) is 48.5 Å². The maximum atomic E-state index is 12.5. The first-order chi connectivity index (χ1) is 12.1. The number of nitrogens with one attached hydrogen (secondary N) is 2. The quantitative estimate of drug-likeness (QED) is 0.779. The van der Waals surface area contributed by atoms with Crippen molar-refractivity contribution in [2.75, 3.05) is 36.4 Å². The number of carbonyl (C=O) groups excluding carboxylic acids is 1. The van der Waals surface area contributed by atoms with E-state index in [9.17, 15) is 9.90 Å². The molecule has 1 aliphatic heterocycles. The van der Waals surface area contributed by atoms with Crippen molar-refractivity contribution in [3.63, 3.8) is 0 Å². The molecule has 5 nitrogen and oxygen atoms in total. The molecule has 25 heavy (non-hydrogen) atoms. The standard InChI is InChI=1S/C19H22ClN3O2/c1-14(19(25)21-16-7-3-2-6-15(16)20)22-10-12-23(13-11-22)17-8-4-5-9-18(17)24/h2-9,14,24H,10-13H2,1H3,(H,21,25)/p+1/t14-/m1/s1. The minimum atomic E-state index is -0.164. The Balaban J connectivity index is 1.58. The van der Waals surface area contributed by atoms with E-state index in [-0.39, 0.29) is 11.9 Å². The Kier molecular flexibility index (Phi) is 5.46. The maximum absolute atomic E-state index is 12.5. The van der Waals surface area contributed by atoms with Crippen LogP contribution in [0.5, 0.6) is 5.75 Å². The summed E-state index contributed by atoms with van der Waals surface area (Å²) in [5.41, 5.74) is 1.50. The number of phenols is 1. The van der Waals surface area contributed by atoms with Gasteiger partial charge >= 0.3 is 0 Å². The number of amides is 1. The van der Waals surface area contributed by atoms with Gasteiger partial charge < -0.3 is 20.2 Å². The zero-order valence-electron chi connectivity index (χ0n) is 14.2. The van der Waals surface area contributed by atoms with Gasteiger partial charge in [-0.25, -0.2) is 0 Å². The molecule has 0 aromatic heterocycles. The molecule has 1 heterocycles. The second-order valence-electron chi connectivity index (χ2n) is 6.32. The fourth-order valence-electron chi connectivity index (χ4n) is 3.19. The minimum Gasteiger partial charge on any atom is -0.506 e. The van der Waals surface area contributed by atoms with Gasteiger partial charge in [0.15, 0.2) is 6.04 Å². The number of hydrogen-bond acceptors (Lipinski definition) is 3. The number of rotatable bonds is 4. The highest BCUT2D eigenvalue weighted by molar-refractivity contribution is 6.33. The summed E-state index contributed by atoms with van der Waals surface area (Å²) in [6, 6.07) is 14.5. The van der Waals surface area contributed by atoms with Gasteiger partial charge in [0.05, 0.1) is 42.6 Å². The van der Waals surface area contributed by atoms with Gasteiger partial charge in [-0.05, 0) is 31.2 Å². The molecule has 1 saturated heterocycles. The van der Waals surface area contributed by atoms with Gasteiger partial charge in [0.25, 0.3) is 5.91 Å². The fourth-order valence-corrected chi connectivity index (χ4v) is 3.37. The third kappa shape index (κ3) is 4.06. The summed E-state index contributed by atoms with van der Waals surface area (Å²) < 4.78 is 0.